The molecule has 0 aromatic carbocycles. The number of methoxy groups -OCH3 is 1. The van der Waals surface area contributed by atoms with Crippen molar-refractivity contribution in [3.8, 4) is 0 Å². The molecular weight excluding hydrogens is 397 g/mol. The van der Waals surface area contributed by atoms with Gasteiger partial charge in [0.15, 0.2) is 6.23 Å². The van der Waals surface area contributed by atoms with Crippen LogP contribution in [0.1, 0.15) is 46.6 Å². The van der Waals surface area contributed by atoms with Crippen molar-refractivity contribution in [2.24, 2.45) is 5.92 Å². The average Bonchev–Trinajstić information content (AvgIpc) is 3.40. The lowest BCUT2D eigenvalue weighted by molar-refractivity contribution is -0.0508. The number of aromatic nitrogens is 2. The number of nitrogens with one attached hydrogen (secondary N) is 1. The molecule has 8 atom stereocenters. The lowest BCUT2D eigenvalue weighted by atomic mass is 9.85. The molecule has 0 spiro atoms. The Bertz CT molecular complexity index is 882. The molecule has 160 valence electrons. The average molecular weight is 426 g/mol. The van der Waals surface area contributed by atoms with Crippen molar-refractivity contribution in [3.05, 3.63) is 33.1 Å². The molecule has 3 saturated heterocycles. The number of aromatic amines is 1. The minimum Gasteiger partial charge on any atom is -0.374 e. The molecule has 1 aliphatic carbocycles. The van der Waals surface area contributed by atoms with Crippen LogP contribution in [0, 0.1) is 5.92 Å². The molecule has 3 aliphatic heterocycles. The van der Waals surface area contributed by atoms with Crippen LogP contribution in [-0.4, -0.2) is 58.3 Å². The Morgan fingerprint density at radius 2 is 2.17 bits per heavy atom. The maximum atomic E-state index is 12.3. The molecule has 9 nitrogen and oxygen atoms in total. The molecule has 4 unspecified atom stereocenters. The summed E-state index contributed by atoms with van der Waals surface area (Å²) in [6.45, 7) is 0.649. The summed E-state index contributed by atoms with van der Waals surface area (Å²) in [6.07, 6.45) is 5.08. The number of ether oxygens (including phenoxy) is 2. The minimum absolute atomic E-state index is 0.0300. The first-order valence-corrected chi connectivity index (χ1v) is 11.4. The lowest BCUT2D eigenvalue weighted by Crippen LogP contribution is -2.40. The van der Waals surface area contributed by atoms with Gasteiger partial charge in [0.05, 0.1) is 12.7 Å². The van der Waals surface area contributed by atoms with Crippen LogP contribution in [0.4, 0.5) is 0 Å². The molecule has 4 aliphatic rings. The molecule has 1 aromatic heterocycles. The van der Waals surface area contributed by atoms with Crippen molar-refractivity contribution in [1.82, 2.24) is 14.2 Å². The zero-order valence-electron chi connectivity index (χ0n) is 17.4. The standard InChI is InChI=1S/C19H28N3O6P/c1-11-16(17(25-2)18(27-11)21-8-7-15(23)20-19(21)24)28-29-22-13(10-26-29)9-12-5-3-4-6-14(12)22/h7-8,11-14,16-18H,3-6,9-10H2,1-2H3,(H,20,23,24)/t11?,12-,13-,14-,16?,17?,18?,29+/m0/s1/i1D. The van der Waals surface area contributed by atoms with Crippen molar-refractivity contribution >= 4 is 8.53 Å². The normalized spacial score (nSPS) is 42.6. The minimum atomic E-state index is -1.26. The maximum Gasteiger partial charge on any atom is 0.330 e. The molecule has 4 fully saturated rings. The fraction of sp³-hybridized carbons (Fsp3) is 0.789. The molecule has 5 rings (SSSR count). The smallest absolute Gasteiger partial charge is 0.330 e. The van der Waals surface area contributed by atoms with E-state index in [0.29, 0.717) is 18.7 Å². The topological polar surface area (TPSA) is 95.0 Å². The van der Waals surface area contributed by atoms with Gasteiger partial charge in [-0.15, -0.1) is 0 Å². The van der Waals surface area contributed by atoms with Crippen LogP contribution in [0.25, 0.3) is 0 Å². The number of H-pyrrole nitrogens is 1. The first-order chi connectivity index (χ1) is 14.6. The molecule has 0 bridgehead atoms. The van der Waals surface area contributed by atoms with Crippen LogP contribution >= 0.6 is 8.53 Å². The third kappa shape index (κ3) is 3.42. The zero-order chi connectivity index (χ0) is 20.8. The monoisotopic (exact) mass is 426 g/mol. The van der Waals surface area contributed by atoms with Crippen LogP contribution in [0.2, 0.25) is 0 Å². The van der Waals surface area contributed by atoms with E-state index in [-0.39, 0.29) is 6.90 Å². The largest absolute Gasteiger partial charge is 0.374 e. The third-order valence-corrected chi connectivity index (χ3v) is 8.41. The Hall–Kier alpha value is -1.09. The zero-order valence-corrected chi connectivity index (χ0v) is 17.3. The van der Waals surface area contributed by atoms with Crippen molar-refractivity contribution < 1.29 is 19.9 Å². The van der Waals surface area contributed by atoms with E-state index >= 15 is 0 Å². The number of fused-ring (bicyclic) bond motifs is 3. The van der Waals surface area contributed by atoms with E-state index in [4.69, 9.17) is 19.9 Å². The van der Waals surface area contributed by atoms with Gasteiger partial charge in [0.25, 0.3) is 14.1 Å². The predicted octanol–water partition coefficient (Wildman–Crippen LogP) is 1.74. The van der Waals surface area contributed by atoms with E-state index in [9.17, 15) is 9.59 Å². The first-order valence-electron chi connectivity index (χ1n) is 11.0. The molecular formula is C19H28N3O6P. The Morgan fingerprint density at radius 1 is 1.31 bits per heavy atom. The summed E-state index contributed by atoms with van der Waals surface area (Å²) in [5.74, 6) is 0.721. The Labute approximate surface area is 171 Å². The maximum absolute atomic E-state index is 12.3. The van der Waals surface area contributed by atoms with Gasteiger partial charge in [-0.25, -0.2) is 9.46 Å². The molecule has 4 heterocycles. The highest BCUT2D eigenvalue weighted by Crippen LogP contribution is 2.60. The SMILES string of the molecule is [2H]CC1OC(n2ccc(=O)[nH]c2=O)C(OC)C1O[P@@]1OC[C@@H]2C[C@@H]3CCCC[C@@H]3N21. The molecule has 10 heteroatoms. The number of rotatable bonds is 4. The van der Waals surface area contributed by atoms with Crippen molar-refractivity contribution in [2.45, 2.75) is 75.6 Å². The van der Waals surface area contributed by atoms with Crippen LogP contribution in [0.3, 0.4) is 0 Å². The Morgan fingerprint density at radius 3 is 2.97 bits per heavy atom. The summed E-state index contributed by atoms with van der Waals surface area (Å²) in [7, 11) is 0.280. The fourth-order valence-corrected chi connectivity index (χ4v) is 7.32. The summed E-state index contributed by atoms with van der Waals surface area (Å²) in [5.41, 5.74) is -1.05. The van der Waals surface area contributed by atoms with E-state index in [1.54, 1.807) is 7.11 Å². The highest BCUT2D eigenvalue weighted by Gasteiger charge is 2.54. The molecule has 1 saturated carbocycles. The third-order valence-electron chi connectivity index (χ3n) is 6.62. The van der Waals surface area contributed by atoms with Crippen molar-refractivity contribution in [3.63, 3.8) is 0 Å². The second-order valence-corrected chi connectivity index (χ2v) is 9.67. The molecule has 1 aromatic rings. The van der Waals surface area contributed by atoms with Crippen LogP contribution < -0.4 is 11.2 Å². The summed E-state index contributed by atoms with van der Waals surface area (Å²) < 4.78 is 35.9. The van der Waals surface area contributed by atoms with Gasteiger partial charge in [-0.3, -0.25) is 14.3 Å². The number of hydrogen-bond donors (Lipinski definition) is 1. The van der Waals surface area contributed by atoms with Gasteiger partial charge in [0.1, 0.15) is 12.2 Å². The fourth-order valence-electron chi connectivity index (χ4n) is 5.28. The Kier molecular flexibility index (Phi) is 5.06. The van der Waals surface area contributed by atoms with Crippen LogP contribution in [0.15, 0.2) is 21.9 Å². The van der Waals surface area contributed by atoms with E-state index in [1.807, 2.05) is 0 Å². The molecule has 0 amide bonds. The van der Waals surface area contributed by atoms with E-state index in [0.717, 1.165) is 5.92 Å². The van der Waals surface area contributed by atoms with E-state index in [1.165, 1.54) is 48.9 Å². The second kappa shape index (κ2) is 7.87. The van der Waals surface area contributed by atoms with Gasteiger partial charge in [-0.2, -0.15) is 0 Å². The summed E-state index contributed by atoms with van der Waals surface area (Å²) in [5, 5.41) is 0. The quantitative estimate of drug-likeness (QED) is 0.733. The second-order valence-electron chi connectivity index (χ2n) is 8.27. The summed E-state index contributed by atoms with van der Waals surface area (Å²) in [6, 6.07) is 2.18. The predicted molar refractivity (Wildman–Crippen MR) is 105 cm³/mol. The summed E-state index contributed by atoms with van der Waals surface area (Å²) >= 11 is 0. The molecule has 0 radical (unpaired) electrons. The van der Waals surface area contributed by atoms with Crippen molar-refractivity contribution in [2.75, 3.05) is 13.7 Å². The van der Waals surface area contributed by atoms with Crippen LogP contribution in [-0.2, 0) is 18.5 Å². The van der Waals surface area contributed by atoms with Gasteiger partial charge in [-0.1, -0.05) is 12.8 Å². The lowest BCUT2D eigenvalue weighted by Gasteiger charge is -2.34. The van der Waals surface area contributed by atoms with Gasteiger partial charge in [0.2, 0.25) is 0 Å². The number of nitrogens with zero attached hydrogens (tertiary/aromatic N) is 2. The Balaban J connectivity index is 1.38. The summed E-state index contributed by atoms with van der Waals surface area (Å²) in [4.78, 5) is 26.0. The first kappa shape index (κ1) is 18.7. The van der Waals surface area contributed by atoms with Crippen LogP contribution in [0.5, 0.6) is 0 Å². The highest BCUT2D eigenvalue weighted by atomic mass is 31.2. The number of hydrogen-bond acceptors (Lipinski definition) is 7. The van der Waals surface area contributed by atoms with Gasteiger partial charge in [-0.05, 0) is 32.1 Å². The van der Waals surface area contributed by atoms with Gasteiger partial charge < -0.3 is 18.5 Å². The van der Waals surface area contributed by atoms with Gasteiger partial charge >= 0.3 is 5.69 Å². The molecule has 29 heavy (non-hydrogen) atoms. The van der Waals surface area contributed by atoms with E-state index in [2.05, 4.69) is 9.65 Å². The van der Waals surface area contributed by atoms with Gasteiger partial charge in [0, 0.05) is 32.8 Å². The molecule has 1 N–H and O–H groups in total. The van der Waals surface area contributed by atoms with Crippen molar-refractivity contribution in [1.29, 1.82) is 0 Å². The highest BCUT2D eigenvalue weighted by molar-refractivity contribution is 7.45. The van der Waals surface area contributed by atoms with E-state index < -0.39 is 44.3 Å².